The minimum atomic E-state index is 0.0577. The largest absolute Gasteiger partial charge is 0.324 e. The van der Waals surface area contributed by atoms with Gasteiger partial charge in [-0.25, -0.2) is 4.79 Å². The van der Waals surface area contributed by atoms with E-state index in [4.69, 9.17) is 0 Å². The van der Waals surface area contributed by atoms with Crippen molar-refractivity contribution in [2.45, 2.75) is 70.4 Å². The van der Waals surface area contributed by atoms with Crippen LogP contribution >= 0.6 is 0 Å². The number of hydrogen-bond acceptors (Lipinski definition) is 3. The Hall–Kier alpha value is -1.56. The van der Waals surface area contributed by atoms with E-state index in [1.54, 1.807) is 0 Å². The van der Waals surface area contributed by atoms with Gasteiger partial charge in [0.25, 0.3) is 0 Å². The number of likely N-dealkylation sites (tertiary alicyclic amines) is 2. The van der Waals surface area contributed by atoms with Crippen LogP contribution < -0.4 is 5.32 Å². The number of anilines is 1. The number of amides is 2. The number of carbonyl (C=O) groups excluding carboxylic acids is 1. The summed E-state index contributed by atoms with van der Waals surface area (Å²) >= 11 is 0. The topological polar surface area (TPSA) is 53.4 Å². The zero-order chi connectivity index (χ0) is 18.3. The van der Waals surface area contributed by atoms with Crippen molar-refractivity contribution in [2.24, 2.45) is 5.92 Å². The zero-order valence-corrected chi connectivity index (χ0v) is 16.4. The van der Waals surface area contributed by atoms with E-state index in [2.05, 4.69) is 40.9 Å². The number of carbonyl (C=O) groups is 1. The Morgan fingerprint density at radius 3 is 2.85 bits per heavy atom. The lowest BCUT2D eigenvalue weighted by atomic mass is 9.84. The predicted octanol–water partition coefficient (Wildman–Crippen LogP) is 3.68. The van der Waals surface area contributed by atoms with E-state index in [1.807, 2.05) is 11.1 Å². The predicted molar refractivity (Wildman–Crippen MR) is 104 cm³/mol. The summed E-state index contributed by atoms with van der Waals surface area (Å²) in [6.07, 6.45) is 8.93. The molecule has 3 aliphatic rings. The van der Waals surface area contributed by atoms with Gasteiger partial charge in [-0.05, 0) is 65.0 Å². The molecule has 3 fully saturated rings. The SMILES string of the molecule is CCC(C)n1ncc(NC(=O)N2CCC3C(CCCN3C)C2)c1C1CC1. The first-order chi connectivity index (χ1) is 12.6. The van der Waals surface area contributed by atoms with Crippen molar-refractivity contribution in [1.82, 2.24) is 19.6 Å². The smallest absolute Gasteiger partial charge is 0.321 e. The summed E-state index contributed by atoms with van der Waals surface area (Å²) < 4.78 is 2.13. The van der Waals surface area contributed by atoms with Crippen LogP contribution in [0.3, 0.4) is 0 Å². The molecule has 0 radical (unpaired) electrons. The van der Waals surface area contributed by atoms with Crippen LogP contribution in [0.1, 0.15) is 70.0 Å². The van der Waals surface area contributed by atoms with Gasteiger partial charge in [0.05, 0.1) is 17.6 Å². The highest BCUT2D eigenvalue weighted by Gasteiger charge is 2.37. The molecule has 26 heavy (non-hydrogen) atoms. The van der Waals surface area contributed by atoms with Crippen LogP contribution in [0, 0.1) is 5.92 Å². The third kappa shape index (κ3) is 3.36. The van der Waals surface area contributed by atoms with Crippen molar-refractivity contribution >= 4 is 11.7 Å². The van der Waals surface area contributed by atoms with Crippen molar-refractivity contribution in [3.63, 3.8) is 0 Å². The van der Waals surface area contributed by atoms with Gasteiger partial charge in [0.1, 0.15) is 0 Å². The molecule has 0 bridgehead atoms. The number of aromatic nitrogens is 2. The molecule has 1 N–H and O–H groups in total. The molecule has 2 aliphatic heterocycles. The molecule has 2 amide bonds. The number of hydrogen-bond donors (Lipinski definition) is 1. The van der Waals surface area contributed by atoms with Crippen LogP contribution in [0.25, 0.3) is 0 Å². The highest BCUT2D eigenvalue weighted by molar-refractivity contribution is 5.90. The van der Waals surface area contributed by atoms with Crippen molar-refractivity contribution in [3.05, 3.63) is 11.9 Å². The first kappa shape index (κ1) is 17.8. The molecule has 1 saturated carbocycles. The summed E-state index contributed by atoms with van der Waals surface area (Å²) in [5, 5.41) is 7.80. The van der Waals surface area contributed by atoms with Crippen LogP contribution in [0.2, 0.25) is 0 Å². The highest BCUT2D eigenvalue weighted by atomic mass is 16.2. The monoisotopic (exact) mass is 359 g/mol. The van der Waals surface area contributed by atoms with Crippen LogP contribution in [-0.2, 0) is 0 Å². The van der Waals surface area contributed by atoms with Gasteiger partial charge in [-0.3, -0.25) is 4.68 Å². The zero-order valence-electron chi connectivity index (χ0n) is 16.4. The summed E-state index contributed by atoms with van der Waals surface area (Å²) in [5.41, 5.74) is 2.17. The summed E-state index contributed by atoms with van der Waals surface area (Å²) in [6, 6.07) is 1.09. The Morgan fingerprint density at radius 2 is 2.12 bits per heavy atom. The van der Waals surface area contributed by atoms with Crippen LogP contribution in [0.15, 0.2) is 6.20 Å². The Kier molecular flexibility index (Phi) is 4.95. The molecule has 1 aromatic heterocycles. The second-order valence-electron chi connectivity index (χ2n) is 8.53. The molecule has 1 aromatic rings. The van der Waals surface area contributed by atoms with Gasteiger partial charge in [-0.15, -0.1) is 0 Å². The highest BCUT2D eigenvalue weighted by Crippen LogP contribution is 2.44. The minimum absolute atomic E-state index is 0.0577. The molecule has 4 rings (SSSR count). The summed E-state index contributed by atoms with van der Waals surface area (Å²) in [4.78, 5) is 17.4. The first-order valence-electron chi connectivity index (χ1n) is 10.4. The van der Waals surface area contributed by atoms with E-state index in [0.29, 0.717) is 23.9 Å². The third-order valence-corrected chi connectivity index (χ3v) is 6.68. The molecule has 6 heteroatoms. The van der Waals surface area contributed by atoms with Gasteiger partial charge in [0.2, 0.25) is 0 Å². The number of fused-ring (bicyclic) bond motifs is 1. The van der Waals surface area contributed by atoms with Crippen molar-refractivity contribution in [2.75, 3.05) is 32.0 Å². The number of nitrogens with one attached hydrogen (secondary N) is 1. The molecule has 0 spiro atoms. The van der Waals surface area contributed by atoms with Gasteiger partial charge >= 0.3 is 6.03 Å². The third-order valence-electron chi connectivity index (χ3n) is 6.68. The normalized spacial score (nSPS) is 27.9. The Bertz CT molecular complexity index is 653. The van der Waals surface area contributed by atoms with Gasteiger partial charge < -0.3 is 15.1 Å². The standard InChI is InChI=1S/C20H33N5O/c1-4-14(2)25-19(15-7-8-15)17(12-21-25)22-20(26)24-11-9-18-16(13-24)6-5-10-23(18)3/h12,14-16,18H,4-11,13H2,1-3H3,(H,22,26). The molecule has 0 aromatic carbocycles. The number of piperidine rings is 2. The summed E-state index contributed by atoms with van der Waals surface area (Å²) in [7, 11) is 2.23. The second kappa shape index (κ2) is 7.22. The Balaban J connectivity index is 1.45. The fourth-order valence-electron chi connectivity index (χ4n) is 4.79. The van der Waals surface area contributed by atoms with Gasteiger partial charge in [-0.1, -0.05) is 6.92 Å². The quantitative estimate of drug-likeness (QED) is 0.892. The molecule has 6 nitrogen and oxygen atoms in total. The lowest BCUT2D eigenvalue weighted by Crippen LogP contribution is -2.54. The van der Waals surface area contributed by atoms with Crippen LogP contribution in [0.4, 0.5) is 10.5 Å². The Morgan fingerprint density at radius 1 is 1.31 bits per heavy atom. The fraction of sp³-hybridized carbons (Fsp3) is 0.800. The average molecular weight is 360 g/mol. The minimum Gasteiger partial charge on any atom is -0.324 e. The van der Waals surface area contributed by atoms with Gasteiger partial charge in [0.15, 0.2) is 0 Å². The number of urea groups is 1. The molecular weight excluding hydrogens is 326 g/mol. The lowest BCUT2D eigenvalue weighted by molar-refractivity contribution is 0.0542. The van der Waals surface area contributed by atoms with E-state index in [1.165, 1.54) is 37.9 Å². The maximum Gasteiger partial charge on any atom is 0.321 e. The van der Waals surface area contributed by atoms with Gasteiger partial charge in [-0.2, -0.15) is 5.10 Å². The van der Waals surface area contributed by atoms with Crippen molar-refractivity contribution in [3.8, 4) is 0 Å². The fourth-order valence-corrected chi connectivity index (χ4v) is 4.79. The average Bonchev–Trinajstić information content (AvgIpc) is 3.41. The van der Waals surface area contributed by atoms with Crippen LogP contribution in [-0.4, -0.2) is 58.3 Å². The molecule has 144 valence electrons. The summed E-state index contributed by atoms with van der Waals surface area (Å²) in [5.74, 6) is 1.19. The molecule has 1 aliphatic carbocycles. The second-order valence-corrected chi connectivity index (χ2v) is 8.53. The molecule has 2 saturated heterocycles. The van der Waals surface area contributed by atoms with E-state index in [0.717, 1.165) is 31.6 Å². The van der Waals surface area contributed by atoms with E-state index >= 15 is 0 Å². The molecule has 3 unspecified atom stereocenters. The summed E-state index contributed by atoms with van der Waals surface area (Å²) in [6.45, 7) is 7.34. The number of nitrogens with zero attached hydrogens (tertiary/aromatic N) is 4. The maximum atomic E-state index is 12.9. The number of rotatable bonds is 4. The van der Waals surface area contributed by atoms with Crippen LogP contribution in [0.5, 0.6) is 0 Å². The molecule has 3 atom stereocenters. The van der Waals surface area contributed by atoms with Gasteiger partial charge in [0, 0.05) is 31.1 Å². The van der Waals surface area contributed by atoms with E-state index in [-0.39, 0.29) is 6.03 Å². The molecule has 3 heterocycles. The lowest BCUT2D eigenvalue weighted by Gasteiger charge is -2.45. The first-order valence-corrected chi connectivity index (χ1v) is 10.4. The Labute approximate surface area is 156 Å². The van der Waals surface area contributed by atoms with E-state index < -0.39 is 0 Å². The maximum absolute atomic E-state index is 12.9. The van der Waals surface area contributed by atoms with E-state index in [9.17, 15) is 4.79 Å². The van der Waals surface area contributed by atoms with Crippen molar-refractivity contribution in [1.29, 1.82) is 0 Å². The molecular formula is C20H33N5O. The van der Waals surface area contributed by atoms with Crippen molar-refractivity contribution < 1.29 is 4.79 Å².